The highest BCUT2D eigenvalue weighted by molar-refractivity contribution is 6.31. The zero-order valence-corrected chi connectivity index (χ0v) is 10.7. The first-order chi connectivity index (χ1) is 7.63. The Bertz CT molecular complexity index is 374. The number of halogens is 1. The van der Waals surface area contributed by atoms with Crippen molar-refractivity contribution in [1.29, 1.82) is 0 Å². The molecule has 2 nitrogen and oxygen atoms in total. The van der Waals surface area contributed by atoms with Gasteiger partial charge in [-0.3, -0.25) is 0 Å². The molecule has 0 saturated heterocycles. The molecule has 1 atom stereocenters. The maximum absolute atomic E-state index is 10.5. The average Bonchev–Trinajstić information content (AvgIpc) is 2.28. The number of hydrogen-bond donors (Lipinski definition) is 0. The average molecular weight is 241 g/mol. The van der Waals surface area contributed by atoms with Gasteiger partial charge in [0.2, 0.25) is 0 Å². The lowest BCUT2D eigenvalue weighted by Crippen LogP contribution is -1.99. The molecule has 0 saturated carbocycles. The third kappa shape index (κ3) is 2.76. The second-order valence-corrected chi connectivity index (χ2v) is 4.25. The monoisotopic (exact) mass is 240 g/mol. The van der Waals surface area contributed by atoms with Gasteiger partial charge in [0.25, 0.3) is 0 Å². The van der Waals surface area contributed by atoms with Crippen molar-refractivity contribution in [2.24, 2.45) is 0 Å². The van der Waals surface area contributed by atoms with E-state index >= 15 is 0 Å². The molecule has 16 heavy (non-hydrogen) atoms. The van der Waals surface area contributed by atoms with Gasteiger partial charge in [0.05, 0.1) is 7.11 Å². The summed E-state index contributed by atoms with van der Waals surface area (Å²) in [5, 5.41) is 0.717. The Morgan fingerprint density at radius 1 is 1.50 bits per heavy atom. The fraction of sp³-hybridized carbons (Fsp3) is 0.462. The number of benzene rings is 1. The summed E-state index contributed by atoms with van der Waals surface area (Å²) in [7, 11) is 1.64. The van der Waals surface area contributed by atoms with Gasteiger partial charge in [-0.05, 0) is 30.0 Å². The maximum atomic E-state index is 10.5. The van der Waals surface area contributed by atoms with Gasteiger partial charge in [0.15, 0.2) is 0 Å². The van der Waals surface area contributed by atoms with Crippen LogP contribution in [0.3, 0.4) is 0 Å². The molecule has 0 aliphatic heterocycles. The van der Waals surface area contributed by atoms with E-state index in [1.54, 1.807) is 7.11 Å². The Balaban J connectivity index is 3.14. The molecule has 1 rings (SSSR count). The van der Waals surface area contributed by atoms with Crippen LogP contribution < -0.4 is 4.74 Å². The third-order valence-electron chi connectivity index (χ3n) is 2.77. The first-order valence-electron chi connectivity index (χ1n) is 5.43. The van der Waals surface area contributed by atoms with E-state index in [1.807, 2.05) is 26.0 Å². The minimum Gasteiger partial charge on any atom is -0.496 e. The van der Waals surface area contributed by atoms with Crippen LogP contribution >= 0.6 is 11.6 Å². The topological polar surface area (TPSA) is 26.3 Å². The van der Waals surface area contributed by atoms with E-state index in [0.29, 0.717) is 6.42 Å². The van der Waals surface area contributed by atoms with E-state index in [1.165, 1.54) is 0 Å². The van der Waals surface area contributed by atoms with Crippen LogP contribution in [0.1, 0.15) is 37.3 Å². The Morgan fingerprint density at radius 2 is 2.19 bits per heavy atom. The molecular formula is C13H17ClO2. The van der Waals surface area contributed by atoms with Crippen LogP contribution in [0, 0.1) is 0 Å². The number of rotatable bonds is 5. The number of aldehydes is 1. The van der Waals surface area contributed by atoms with E-state index in [2.05, 4.69) is 0 Å². The predicted octanol–water partition coefficient (Wildman–Crippen LogP) is 3.60. The van der Waals surface area contributed by atoms with Crippen molar-refractivity contribution >= 4 is 17.9 Å². The molecule has 3 heteroatoms. The molecule has 0 aromatic heterocycles. The quantitative estimate of drug-likeness (QED) is 0.735. The molecule has 0 spiro atoms. The minimum atomic E-state index is 0.176. The van der Waals surface area contributed by atoms with Gasteiger partial charge in [-0.1, -0.05) is 25.4 Å². The summed E-state index contributed by atoms with van der Waals surface area (Å²) in [6.07, 6.45) is 2.27. The zero-order chi connectivity index (χ0) is 12.1. The van der Waals surface area contributed by atoms with Crippen molar-refractivity contribution in [1.82, 2.24) is 0 Å². The molecule has 88 valence electrons. The van der Waals surface area contributed by atoms with Gasteiger partial charge in [-0.2, -0.15) is 0 Å². The first kappa shape index (κ1) is 13.0. The van der Waals surface area contributed by atoms with Crippen LogP contribution in [0.25, 0.3) is 0 Å². The van der Waals surface area contributed by atoms with Crippen molar-refractivity contribution in [3.8, 4) is 5.75 Å². The molecule has 1 aromatic rings. The molecule has 0 aliphatic carbocycles. The van der Waals surface area contributed by atoms with Crippen LogP contribution in [-0.2, 0) is 11.2 Å². The number of carbonyl (C=O) groups is 1. The van der Waals surface area contributed by atoms with Gasteiger partial charge in [-0.15, -0.1) is 0 Å². The molecule has 0 fully saturated rings. The third-order valence-corrected chi connectivity index (χ3v) is 3.11. The highest BCUT2D eigenvalue weighted by atomic mass is 35.5. The standard InChI is InChI=1S/C13H17ClO2/c1-4-11-12(14)7-10(8-13(11)16-3)9(2)5-6-15/h6-9H,4-5H2,1-3H3. The van der Waals surface area contributed by atoms with E-state index in [0.717, 1.165) is 34.6 Å². The highest BCUT2D eigenvalue weighted by Gasteiger charge is 2.12. The predicted molar refractivity (Wildman–Crippen MR) is 66.5 cm³/mol. The second-order valence-electron chi connectivity index (χ2n) is 3.84. The van der Waals surface area contributed by atoms with Gasteiger partial charge >= 0.3 is 0 Å². The van der Waals surface area contributed by atoms with E-state index in [-0.39, 0.29) is 5.92 Å². The van der Waals surface area contributed by atoms with Gasteiger partial charge in [0.1, 0.15) is 12.0 Å². The molecule has 1 unspecified atom stereocenters. The molecule has 1 aromatic carbocycles. The van der Waals surface area contributed by atoms with Crippen LogP contribution in [0.4, 0.5) is 0 Å². The Hall–Kier alpha value is -1.02. The minimum absolute atomic E-state index is 0.176. The summed E-state index contributed by atoms with van der Waals surface area (Å²) in [6, 6.07) is 3.90. The van der Waals surface area contributed by atoms with Crippen molar-refractivity contribution in [3.05, 3.63) is 28.3 Å². The second kappa shape index (κ2) is 5.90. The number of ether oxygens (including phenoxy) is 1. The molecule has 0 N–H and O–H groups in total. The Labute approximate surface area is 102 Å². The van der Waals surface area contributed by atoms with Crippen LogP contribution in [0.5, 0.6) is 5.75 Å². The maximum Gasteiger partial charge on any atom is 0.123 e. The summed E-state index contributed by atoms with van der Waals surface area (Å²) in [5.41, 5.74) is 2.07. The summed E-state index contributed by atoms with van der Waals surface area (Å²) >= 11 is 6.19. The Morgan fingerprint density at radius 3 is 2.69 bits per heavy atom. The lowest BCUT2D eigenvalue weighted by Gasteiger charge is -2.14. The highest BCUT2D eigenvalue weighted by Crippen LogP contribution is 2.32. The molecule has 0 aliphatic rings. The molecule has 0 bridgehead atoms. The van der Waals surface area contributed by atoms with E-state index < -0.39 is 0 Å². The van der Waals surface area contributed by atoms with Crippen molar-refractivity contribution in [2.45, 2.75) is 32.6 Å². The molecule has 0 heterocycles. The van der Waals surface area contributed by atoms with Crippen LogP contribution in [0.15, 0.2) is 12.1 Å². The van der Waals surface area contributed by atoms with Crippen LogP contribution in [0.2, 0.25) is 5.02 Å². The summed E-state index contributed by atoms with van der Waals surface area (Å²) in [6.45, 7) is 4.05. The summed E-state index contributed by atoms with van der Waals surface area (Å²) < 4.78 is 5.31. The normalized spacial score (nSPS) is 12.2. The van der Waals surface area contributed by atoms with E-state index in [9.17, 15) is 4.79 Å². The van der Waals surface area contributed by atoms with Crippen molar-refractivity contribution < 1.29 is 9.53 Å². The van der Waals surface area contributed by atoms with Gasteiger partial charge < -0.3 is 9.53 Å². The van der Waals surface area contributed by atoms with Crippen molar-refractivity contribution in [2.75, 3.05) is 7.11 Å². The number of carbonyl (C=O) groups excluding carboxylic acids is 1. The SMILES string of the molecule is CCc1c(Cl)cc(C(C)CC=O)cc1OC. The largest absolute Gasteiger partial charge is 0.496 e. The molecular weight excluding hydrogens is 224 g/mol. The smallest absolute Gasteiger partial charge is 0.123 e. The fourth-order valence-corrected chi connectivity index (χ4v) is 2.07. The van der Waals surface area contributed by atoms with Crippen molar-refractivity contribution in [3.63, 3.8) is 0 Å². The molecule has 0 radical (unpaired) electrons. The van der Waals surface area contributed by atoms with E-state index in [4.69, 9.17) is 16.3 Å². The number of methoxy groups -OCH3 is 1. The zero-order valence-electron chi connectivity index (χ0n) is 9.92. The van der Waals surface area contributed by atoms with Gasteiger partial charge in [0, 0.05) is 17.0 Å². The fourth-order valence-electron chi connectivity index (χ4n) is 1.72. The Kier molecular flexibility index (Phi) is 4.81. The van der Waals surface area contributed by atoms with Gasteiger partial charge in [-0.25, -0.2) is 0 Å². The summed E-state index contributed by atoms with van der Waals surface area (Å²) in [4.78, 5) is 10.5. The lowest BCUT2D eigenvalue weighted by molar-refractivity contribution is -0.108. The lowest BCUT2D eigenvalue weighted by atomic mass is 9.96. The van der Waals surface area contributed by atoms with Crippen LogP contribution in [-0.4, -0.2) is 13.4 Å². The summed E-state index contributed by atoms with van der Waals surface area (Å²) in [5.74, 6) is 0.984. The first-order valence-corrected chi connectivity index (χ1v) is 5.81. The molecule has 0 amide bonds. The number of hydrogen-bond acceptors (Lipinski definition) is 2.